The number of para-hydroxylation sites is 1. The molecule has 1 aromatic carbocycles. The van der Waals surface area contributed by atoms with Gasteiger partial charge in [-0.05, 0) is 46.2 Å². The van der Waals surface area contributed by atoms with E-state index in [1.807, 2.05) is 0 Å². The summed E-state index contributed by atoms with van der Waals surface area (Å²) in [4.78, 5) is 37.2. The number of nitrogens with one attached hydrogen (secondary N) is 1. The average Bonchev–Trinajstić information content (AvgIpc) is 2.50. The van der Waals surface area contributed by atoms with Gasteiger partial charge >= 0.3 is 12.1 Å². The molecule has 1 unspecified atom stereocenters. The maximum absolute atomic E-state index is 12.6. The highest BCUT2D eigenvalue weighted by molar-refractivity contribution is 5.95. The van der Waals surface area contributed by atoms with Gasteiger partial charge in [0.1, 0.15) is 11.6 Å². The number of anilines is 1. The van der Waals surface area contributed by atoms with Crippen molar-refractivity contribution in [1.82, 2.24) is 5.32 Å². The Hall–Kier alpha value is -2.57. The lowest BCUT2D eigenvalue weighted by Crippen LogP contribution is -2.48. The molecule has 0 spiro atoms. The second-order valence-electron chi connectivity index (χ2n) is 6.53. The first-order valence-electron chi connectivity index (χ1n) is 8.22. The van der Waals surface area contributed by atoms with Crippen molar-refractivity contribution < 1.29 is 24.2 Å². The summed E-state index contributed by atoms with van der Waals surface area (Å²) in [6.07, 6.45) is -0.784. The highest BCUT2D eigenvalue weighted by Crippen LogP contribution is 2.23. The van der Waals surface area contributed by atoms with E-state index in [4.69, 9.17) is 4.74 Å². The second-order valence-corrected chi connectivity index (χ2v) is 6.53. The lowest BCUT2D eigenvalue weighted by molar-refractivity contribution is -0.138. The Bertz CT molecular complexity index is 595. The molecule has 138 valence electrons. The van der Waals surface area contributed by atoms with E-state index in [9.17, 15) is 19.5 Å². The van der Waals surface area contributed by atoms with Gasteiger partial charge in [-0.1, -0.05) is 18.2 Å². The molecular formula is C18H26N2O5. The van der Waals surface area contributed by atoms with Gasteiger partial charge in [0.25, 0.3) is 0 Å². The number of rotatable bonds is 7. The Morgan fingerprint density at radius 3 is 2.28 bits per heavy atom. The quantitative estimate of drug-likeness (QED) is 0.788. The van der Waals surface area contributed by atoms with Crippen LogP contribution in [0.25, 0.3) is 0 Å². The Balaban J connectivity index is 3.10. The van der Waals surface area contributed by atoms with Crippen LogP contribution in [-0.2, 0) is 14.3 Å². The molecule has 1 atom stereocenters. The number of aliphatic carboxylic acids is 1. The molecule has 0 aliphatic carbocycles. The van der Waals surface area contributed by atoms with Crippen molar-refractivity contribution in [2.75, 3.05) is 11.4 Å². The van der Waals surface area contributed by atoms with Gasteiger partial charge in [0.2, 0.25) is 5.91 Å². The lowest BCUT2D eigenvalue weighted by Gasteiger charge is -2.31. The van der Waals surface area contributed by atoms with Crippen LogP contribution in [0.5, 0.6) is 0 Å². The van der Waals surface area contributed by atoms with Gasteiger partial charge in [-0.2, -0.15) is 0 Å². The van der Waals surface area contributed by atoms with E-state index in [0.717, 1.165) is 4.90 Å². The second kappa shape index (κ2) is 9.05. The molecule has 0 fully saturated rings. The van der Waals surface area contributed by atoms with Crippen LogP contribution in [-0.4, -0.2) is 41.3 Å². The number of hydrogen-bond acceptors (Lipinski definition) is 4. The number of carbonyl (C=O) groups excluding carboxylic acids is 2. The van der Waals surface area contributed by atoms with Crippen LogP contribution in [0.3, 0.4) is 0 Å². The molecule has 7 heteroatoms. The van der Waals surface area contributed by atoms with Crippen LogP contribution >= 0.6 is 0 Å². The number of nitrogens with zero attached hydrogens (tertiary/aromatic N) is 1. The average molecular weight is 350 g/mol. The SMILES string of the molecule is CCNC(=O)CCC(C(=O)O)N(C(=O)OC(C)(C)C)c1ccccc1. The topological polar surface area (TPSA) is 95.9 Å². The third kappa shape index (κ3) is 6.82. The summed E-state index contributed by atoms with van der Waals surface area (Å²) in [5, 5.41) is 12.2. The number of amides is 2. The number of carboxylic acids is 1. The van der Waals surface area contributed by atoms with E-state index in [2.05, 4.69) is 5.32 Å². The lowest BCUT2D eigenvalue weighted by atomic mass is 10.1. The monoisotopic (exact) mass is 350 g/mol. The highest BCUT2D eigenvalue weighted by atomic mass is 16.6. The number of ether oxygens (including phenoxy) is 1. The van der Waals surface area contributed by atoms with E-state index >= 15 is 0 Å². The minimum absolute atomic E-state index is 0.00304. The van der Waals surface area contributed by atoms with Gasteiger partial charge in [-0.15, -0.1) is 0 Å². The van der Waals surface area contributed by atoms with Crippen molar-refractivity contribution in [3.05, 3.63) is 30.3 Å². The third-order valence-electron chi connectivity index (χ3n) is 3.24. The normalized spacial score (nSPS) is 12.2. The Kier molecular flexibility index (Phi) is 7.42. The Morgan fingerprint density at radius 1 is 1.20 bits per heavy atom. The van der Waals surface area contributed by atoms with Crippen molar-refractivity contribution in [2.45, 2.75) is 52.2 Å². The van der Waals surface area contributed by atoms with E-state index in [1.165, 1.54) is 0 Å². The van der Waals surface area contributed by atoms with Gasteiger partial charge < -0.3 is 15.2 Å². The fourth-order valence-electron chi connectivity index (χ4n) is 2.23. The first-order valence-corrected chi connectivity index (χ1v) is 8.22. The molecule has 0 aromatic heterocycles. The summed E-state index contributed by atoms with van der Waals surface area (Å²) >= 11 is 0. The fraction of sp³-hybridized carbons (Fsp3) is 0.500. The molecule has 1 rings (SSSR count). The predicted molar refractivity (Wildman–Crippen MR) is 94.5 cm³/mol. The van der Waals surface area contributed by atoms with Crippen LogP contribution in [0.4, 0.5) is 10.5 Å². The van der Waals surface area contributed by atoms with Crippen molar-refractivity contribution >= 4 is 23.7 Å². The summed E-state index contributed by atoms with van der Waals surface area (Å²) in [6.45, 7) is 7.37. The van der Waals surface area contributed by atoms with Crippen LogP contribution < -0.4 is 10.2 Å². The molecule has 0 aliphatic rings. The molecule has 0 bridgehead atoms. The molecule has 2 N–H and O–H groups in total. The standard InChI is InChI=1S/C18H26N2O5/c1-5-19-15(21)12-11-14(16(22)23)20(13-9-7-6-8-10-13)17(24)25-18(2,3)4/h6-10,14H,5,11-12H2,1-4H3,(H,19,21)(H,22,23). The van der Waals surface area contributed by atoms with Crippen molar-refractivity contribution in [2.24, 2.45) is 0 Å². The van der Waals surface area contributed by atoms with Gasteiger partial charge in [0.15, 0.2) is 0 Å². The van der Waals surface area contributed by atoms with Crippen molar-refractivity contribution in [1.29, 1.82) is 0 Å². The van der Waals surface area contributed by atoms with Gasteiger partial charge in [0, 0.05) is 18.7 Å². The Morgan fingerprint density at radius 2 is 1.80 bits per heavy atom. The maximum atomic E-state index is 12.6. The molecule has 0 saturated heterocycles. The summed E-state index contributed by atoms with van der Waals surface area (Å²) in [5.74, 6) is -1.45. The molecular weight excluding hydrogens is 324 g/mol. The van der Waals surface area contributed by atoms with Gasteiger partial charge in [0.05, 0.1) is 0 Å². The molecule has 2 amide bonds. The number of carbonyl (C=O) groups is 3. The smallest absolute Gasteiger partial charge is 0.415 e. The first-order chi connectivity index (χ1) is 11.7. The van der Waals surface area contributed by atoms with Crippen LogP contribution in [0, 0.1) is 0 Å². The highest BCUT2D eigenvalue weighted by Gasteiger charge is 2.34. The van der Waals surface area contributed by atoms with Crippen molar-refractivity contribution in [3.8, 4) is 0 Å². The molecule has 0 radical (unpaired) electrons. The summed E-state index contributed by atoms with van der Waals surface area (Å²) in [5.41, 5.74) is -0.368. The predicted octanol–water partition coefficient (Wildman–Crippen LogP) is 2.80. The minimum Gasteiger partial charge on any atom is -0.480 e. The Labute approximate surface area is 148 Å². The summed E-state index contributed by atoms with van der Waals surface area (Å²) in [6, 6.07) is 7.23. The molecule has 25 heavy (non-hydrogen) atoms. The summed E-state index contributed by atoms with van der Waals surface area (Å²) in [7, 11) is 0. The van der Waals surface area contributed by atoms with E-state index < -0.39 is 23.7 Å². The van der Waals surface area contributed by atoms with Crippen LogP contribution in [0.1, 0.15) is 40.5 Å². The van der Waals surface area contributed by atoms with Gasteiger partial charge in [-0.25, -0.2) is 9.59 Å². The zero-order valence-corrected chi connectivity index (χ0v) is 15.1. The molecule has 0 saturated carbocycles. The molecule has 0 heterocycles. The zero-order chi connectivity index (χ0) is 19.0. The van der Waals surface area contributed by atoms with Gasteiger partial charge in [-0.3, -0.25) is 9.69 Å². The fourth-order valence-corrected chi connectivity index (χ4v) is 2.23. The molecule has 1 aromatic rings. The van der Waals surface area contributed by atoms with Crippen LogP contribution in [0.2, 0.25) is 0 Å². The first kappa shape index (κ1) is 20.5. The third-order valence-corrected chi connectivity index (χ3v) is 3.24. The van der Waals surface area contributed by atoms with E-state index in [-0.39, 0.29) is 18.7 Å². The van der Waals surface area contributed by atoms with Crippen molar-refractivity contribution in [3.63, 3.8) is 0 Å². The maximum Gasteiger partial charge on any atom is 0.415 e. The van der Waals surface area contributed by atoms with E-state index in [0.29, 0.717) is 12.2 Å². The van der Waals surface area contributed by atoms with E-state index in [1.54, 1.807) is 58.0 Å². The molecule has 0 aliphatic heterocycles. The number of carboxylic acid groups (broad SMARTS) is 1. The number of benzene rings is 1. The molecule has 7 nitrogen and oxygen atoms in total. The summed E-state index contributed by atoms with van der Waals surface area (Å²) < 4.78 is 5.36. The minimum atomic E-state index is -1.21. The largest absolute Gasteiger partial charge is 0.480 e. The number of hydrogen-bond donors (Lipinski definition) is 2. The zero-order valence-electron chi connectivity index (χ0n) is 15.1. The van der Waals surface area contributed by atoms with Crippen LogP contribution in [0.15, 0.2) is 30.3 Å².